The molecule has 2 aromatic rings. The number of pyridine rings is 1. The van der Waals surface area contributed by atoms with Crippen LogP contribution in [0.15, 0.2) is 18.6 Å². The highest BCUT2D eigenvalue weighted by molar-refractivity contribution is 5.41. The fraction of sp³-hybridized carbons (Fsp3) is 0.400. The van der Waals surface area contributed by atoms with Crippen LogP contribution in [-0.2, 0) is 6.54 Å². The first-order chi connectivity index (χ1) is 8.52. The molecule has 2 rings (SSSR count). The first-order valence-electron chi connectivity index (χ1n) is 6.15. The molecular weight excluding hydrogens is 224 g/mol. The van der Waals surface area contributed by atoms with E-state index in [1.807, 2.05) is 13.1 Å². The topological polar surface area (TPSA) is 27.1 Å². The minimum absolute atomic E-state index is 0.789. The number of methoxy groups -OCH3 is 1. The third-order valence-electron chi connectivity index (χ3n) is 3.42. The summed E-state index contributed by atoms with van der Waals surface area (Å²) in [6.07, 6.45) is 6.19. The Hall–Kier alpha value is -1.77. The van der Waals surface area contributed by atoms with E-state index >= 15 is 0 Å². The van der Waals surface area contributed by atoms with E-state index in [2.05, 4.69) is 42.7 Å². The summed E-state index contributed by atoms with van der Waals surface area (Å²) in [5, 5.41) is 0. The van der Waals surface area contributed by atoms with Gasteiger partial charge in [0.2, 0.25) is 0 Å². The Bertz CT molecular complexity index is 551. The van der Waals surface area contributed by atoms with Crippen LogP contribution in [0.25, 0.3) is 0 Å². The van der Waals surface area contributed by atoms with Crippen molar-refractivity contribution in [3.8, 4) is 5.75 Å². The van der Waals surface area contributed by atoms with Gasteiger partial charge >= 0.3 is 0 Å². The highest BCUT2D eigenvalue weighted by atomic mass is 16.5. The molecule has 0 fully saturated rings. The second kappa shape index (κ2) is 4.84. The molecule has 0 aromatic carbocycles. The van der Waals surface area contributed by atoms with Crippen molar-refractivity contribution >= 4 is 0 Å². The van der Waals surface area contributed by atoms with Crippen molar-refractivity contribution in [1.82, 2.24) is 9.55 Å². The third-order valence-corrected chi connectivity index (χ3v) is 3.42. The predicted molar refractivity (Wildman–Crippen MR) is 73.3 cm³/mol. The number of aromatic nitrogens is 2. The number of hydrogen-bond donors (Lipinski definition) is 0. The summed E-state index contributed by atoms with van der Waals surface area (Å²) in [6.45, 7) is 9.13. The summed E-state index contributed by atoms with van der Waals surface area (Å²) in [4.78, 5) is 4.52. The van der Waals surface area contributed by atoms with Crippen molar-refractivity contribution in [2.24, 2.45) is 0 Å². The van der Waals surface area contributed by atoms with Gasteiger partial charge in [0.1, 0.15) is 5.75 Å². The van der Waals surface area contributed by atoms with Crippen molar-refractivity contribution in [3.05, 3.63) is 46.5 Å². The van der Waals surface area contributed by atoms with Crippen molar-refractivity contribution < 1.29 is 4.74 Å². The Morgan fingerprint density at radius 3 is 2.22 bits per heavy atom. The van der Waals surface area contributed by atoms with Gasteiger partial charge in [-0.05, 0) is 38.8 Å². The SMILES string of the molecule is COc1c(C)cnc(Cn2cc(C)c(C)c2)c1C. The molecule has 0 N–H and O–H groups in total. The maximum atomic E-state index is 5.43. The van der Waals surface area contributed by atoms with Crippen LogP contribution in [0, 0.1) is 27.7 Å². The third kappa shape index (κ3) is 2.26. The lowest BCUT2D eigenvalue weighted by Gasteiger charge is -2.12. The maximum Gasteiger partial charge on any atom is 0.128 e. The van der Waals surface area contributed by atoms with Gasteiger partial charge in [0.15, 0.2) is 0 Å². The molecule has 96 valence electrons. The van der Waals surface area contributed by atoms with Crippen LogP contribution in [0.3, 0.4) is 0 Å². The van der Waals surface area contributed by atoms with Gasteiger partial charge in [0, 0.05) is 29.7 Å². The summed E-state index contributed by atoms with van der Waals surface area (Å²) in [5.41, 5.74) is 5.89. The molecule has 0 aliphatic rings. The average Bonchev–Trinajstić information content (AvgIpc) is 2.63. The highest BCUT2D eigenvalue weighted by Crippen LogP contribution is 2.24. The van der Waals surface area contributed by atoms with Gasteiger partial charge < -0.3 is 9.30 Å². The Morgan fingerprint density at radius 2 is 1.67 bits per heavy atom. The molecule has 0 unspecified atom stereocenters. The molecule has 2 aromatic heterocycles. The van der Waals surface area contributed by atoms with Crippen LogP contribution >= 0.6 is 0 Å². The zero-order valence-corrected chi connectivity index (χ0v) is 11.7. The zero-order chi connectivity index (χ0) is 13.3. The lowest BCUT2D eigenvalue weighted by Crippen LogP contribution is -2.04. The lowest BCUT2D eigenvalue weighted by molar-refractivity contribution is 0.406. The average molecular weight is 244 g/mol. The van der Waals surface area contributed by atoms with Crippen molar-refractivity contribution in [2.45, 2.75) is 34.2 Å². The number of rotatable bonds is 3. The summed E-state index contributed by atoms with van der Waals surface area (Å²) in [6, 6.07) is 0. The molecule has 0 amide bonds. The summed E-state index contributed by atoms with van der Waals surface area (Å²) in [5.74, 6) is 0.945. The molecule has 0 saturated heterocycles. The monoisotopic (exact) mass is 244 g/mol. The Labute approximate surface area is 108 Å². The van der Waals surface area contributed by atoms with Crippen LogP contribution < -0.4 is 4.74 Å². The van der Waals surface area contributed by atoms with Gasteiger partial charge in [0.05, 0.1) is 19.3 Å². The lowest BCUT2D eigenvalue weighted by atomic mass is 10.1. The molecule has 0 radical (unpaired) electrons. The molecule has 0 spiro atoms. The second-order valence-electron chi connectivity index (χ2n) is 4.84. The van der Waals surface area contributed by atoms with E-state index in [1.165, 1.54) is 11.1 Å². The van der Waals surface area contributed by atoms with Crippen LogP contribution in [0.4, 0.5) is 0 Å². The van der Waals surface area contributed by atoms with Gasteiger partial charge in [-0.2, -0.15) is 0 Å². The Kier molecular flexibility index (Phi) is 3.41. The normalized spacial score (nSPS) is 10.7. The molecule has 0 atom stereocenters. The first kappa shape index (κ1) is 12.7. The molecule has 0 aliphatic heterocycles. The van der Waals surface area contributed by atoms with Crippen LogP contribution in [0.2, 0.25) is 0 Å². The van der Waals surface area contributed by atoms with Crippen molar-refractivity contribution in [3.63, 3.8) is 0 Å². The molecule has 0 saturated carbocycles. The number of aryl methyl sites for hydroxylation is 3. The molecule has 0 aliphatic carbocycles. The fourth-order valence-corrected chi connectivity index (χ4v) is 2.23. The minimum Gasteiger partial charge on any atom is -0.496 e. The van der Waals surface area contributed by atoms with Crippen LogP contribution in [0.5, 0.6) is 5.75 Å². The molecule has 3 heteroatoms. The largest absolute Gasteiger partial charge is 0.496 e. The number of hydrogen-bond acceptors (Lipinski definition) is 2. The zero-order valence-electron chi connectivity index (χ0n) is 11.7. The second-order valence-corrected chi connectivity index (χ2v) is 4.84. The smallest absolute Gasteiger partial charge is 0.128 e. The van der Waals surface area contributed by atoms with Gasteiger partial charge in [-0.25, -0.2) is 0 Å². The molecule has 18 heavy (non-hydrogen) atoms. The highest BCUT2D eigenvalue weighted by Gasteiger charge is 2.10. The van der Waals surface area contributed by atoms with Crippen molar-refractivity contribution in [1.29, 1.82) is 0 Å². The van der Waals surface area contributed by atoms with E-state index in [9.17, 15) is 0 Å². The molecule has 2 heterocycles. The molecule has 3 nitrogen and oxygen atoms in total. The predicted octanol–water partition coefficient (Wildman–Crippen LogP) is 3.17. The van der Waals surface area contributed by atoms with E-state index in [0.29, 0.717) is 0 Å². The van der Waals surface area contributed by atoms with Crippen molar-refractivity contribution in [2.75, 3.05) is 7.11 Å². The minimum atomic E-state index is 0.789. The van der Waals surface area contributed by atoms with Crippen LogP contribution in [0.1, 0.15) is 27.9 Å². The molecular formula is C15H20N2O. The van der Waals surface area contributed by atoms with Crippen LogP contribution in [-0.4, -0.2) is 16.7 Å². The van der Waals surface area contributed by atoms with Gasteiger partial charge in [-0.3, -0.25) is 4.98 Å². The quantitative estimate of drug-likeness (QED) is 0.829. The summed E-state index contributed by atoms with van der Waals surface area (Å²) in [7, 11) is 1.71. The van der Waals surface area contributed by atoms with Gasteiger partial charge in [-0.15, -0.1) is 0 Å². The number of ether oxygens (including phenoxy) is 1. The Morgan fingerprint density at radius 1 is 1.06 bits per heavy atom. The maximum absolute atomic E-state index is 5.43. The van der Waals surface area contributed by atoms with Gasteiger partial charge in [-0.1, -0.05) is 0 Å². The van der Waals surface area contributed by atoms with E-state index in [4.69, 9.17) is 4.74 Å². The van der Waals surface area contributed by atoms with E-state index in [1.54, 1.807) is 7.11 Å². The van der Waals surface area contributed by atoms with Gasteiger partial charge in [0.25, 0.3) is 0 Å². The summed E-state index contributed by atoms with van der Waals surface area (Å²) < 4.78 is 7.61. The standard InChI is InChI=1S/C15H20N2O/c1-10-6-16-14(13(4)15(10)18-5)9-17-7-11(2)12(3)8-17/h6-8H,9H2,1-5H3. The number of nitrogens with zero attached hydrogens (tertiary/aromatic N) is 2. The van der Waals surface area contributed by atoms with E-state index in [0.717, 1.165) is 29.1 Å². The molecule has 0 bridgehead atoms. The van der Waals surface area contributed by atoms with E-state index in [-0.39, 0.29) is 0 Å². The first-order valence-corrected chi connectivity index (χ1v) is 6.15. The fourth-order valence-electron chi connectivity index (χ4n) is 2.23. The van der Waals surface area contributed by atoms with E-state index < -0.39 is 0 Å². The Balaban J connectivity index is 2.35. The summed E-state index contributed by atoms with van der Waals surface area (Å²) >= 11 is 0.